The quantitative estimate of drug-likeness (QED) is 0.748. The number of rotatable bonds is 1. The SMILES string of the molecule is CC1=CC(=Cc2ccccc2C#N)C=C(C)C1=O. The number of hydrogen-bond donors (Lipinski definition) is 0. The fourth-order valence-corrected chi connectivity index (χ4v) is 1.97. The summed E-state index contributed by atoms with van der Waals surface area (Å²) in [5, 5.41) is 9.03. The summed E-state index contributed by atoms with van der Waals surface area (Å²) in [6, 6.07) is 9.58. The van der Waals surface area contributed by atoms with Crippen molar-refractivity contribution in [3.8, 4) is 6.07 Å². The Balaban J connectivity index is 2.47. The van der Waals surface area contributed by atoms with Gasteiger partial charge in [-0.15, -0.1) is 0 Å². The van der Waals surface area contributed by atoms with Crippen LogP contribution in [0.5, 0.6) is 0 Å². The minimum absolute atomic E-state index is 0.0840. The van der Waals surface area contributed by atoms with Crippen LogP contribution in [0.1, 0.15) is 25.0 Å². The number of carbonyl (C=O) groups is 1. The van der Waals surface area contributed by atoms with Crippen molar-refractivity contribution in [1.82, 2.24) is 0 Å². The fraction of sp³-hybridized carbons (Fsp3) is 0.125. The molecular formula is C16H13NO. The first-order valence-electron chi connectivity index (χ1n) is 5.74. The Bertz CT molecular complexity index is 615. The molecule has 0 bridgehead atoms. The zero-order valence-corrected chi connectivity index (χ0v) is 10.4. The van der Waals surface area contributed by atoms with Gasteiger partial charge in [-0.3, -0.25) is 4.79 Å². The molecule has 0 fully saturated rings. The lowest BCUT2D eigenvalue weighted by molar-refractivity contribution is -0.112. The molecule has 18 heavy (non-hydrogen) atoms. The average molecular weight is 235 g/mol. The van der Waals surface area contributed by atoms with E-state index in [0.717, 1.165) is 22.3 Å². The lowest BCUT2D eigenvalue weighted by Crippen LogP contribution is -2.05. The number of benzene rings is 1. The van der Waals surface area contributed by atoms with Crippen molar-refractivity contribution in [3.63, 3.8) is 0 Å². The van der Waals surface area contributed by atoms with Crippen LogP contribution in [0.2, 0.25) is 0 Å². The molecule has 0 N–H and O–H groups in total. The minimum Gasteiger partial charge on any atom is -0.289 e. The van der Waals surface area contributed by atoms with E-state index in [9.17, 15) is 4.79 Å². The molecule has 0 heterocycles. The molecule has 2 nitrogen and oxygen atoms in total. The van der Waals surface area contributed by atoms with Crippen molar-refractivity contribution in [3.05, 3.63) is 64.3 Å². The summed E-state index contributed by atoms with van der Waals surface area (Å²) in [5.41, 5.74) is 3.93. The van der Waals surface area contributed by atoms with Crippen LogP contribution in [0.15, 0.2) is 53.1 Å². The highest BCUT2D eigenvalue weighted by Gasteiger charge is 2.12. The summed E-state index contributed by atoms with van der Waals surface area (Å²) < 4.78 is 0. The standard InChI is InChI=1S/C16H13NO/c1-11-7-13(8-12(2)16(11)18)9-14-5-3-4-6-15(14)10-17/h3-9H,1-2H3. The van der Waals surface area contributed by atoms with Crippen LogP contribution in [-0.4, -0.2) is 5.78 Å². The Kier molecular flexibility index (Phi) is 3.25. The minimum atomic E-state index is 0.0840. The molecule has 0 aromatic heterocycles. The van der Waals surface area contributed by atoms with Crippen molar-refractivity contribution in [2.45, 2.75) is 13.8 Å². The largest absolute Gasteiger partial charge is 0.289 e. The van der Waals surface area contributed by atoms with E-state index in [1.54, 1.807) is 6.07 Å². The molecule has 88 valence electrons. The van der Waals surface area contributed by atoms with Crippen LogP contribution in [-0.2, 0) is 4.79 Å². The number of nitriles is 1. The van der Waals surface area contributed by atoms with Gasteiger partial charge in [-0.05, 0) is 60.4 Å². The van der Waals surface area contributed by atoms with Crippen LogP contribution in [0, 0.1) is 11.3 Å². The molecule has 1 aromatic carbocycles. The number of Topliss-reactive ketones (excluding diaryl/α,β-unsaturated/α-hetero) is 1. The lowest BCUT2D eigenvalue weighted by atomic mass is 9.94. The second kappa shape index (κ2) is 4.85. The Morgan fingerprint density at radius 3 is 2.33 bits per heavy atom. The van der Waals surface area contributed by atoms with E-state index in [-0.39, 0.29) is 5.78 Å². The first-order chi connectivity index (χ1) is 8.61. The average Bonchev–Trinajstić information content (AvgIpc) is 2.36. The number of nitrogens with zero attached hydrogens (tertiary/aromatic N) is 1. The molecule has 0 radical (unpaired) electrons. The zero-order valence-electron chi connectivity index (χ0n) is 10.4. The first-order valence-corrected chi connectivity index (χ1v) is 5.74. The molecule has 0 atom stereocenters. The van der Waals surface area contributed by atoms with Crippen LogP contribution in [0.3, 0.4) is 0 Å². The van der Waals surface area contributed by atoms with Gasteiger partial charge in [0.2, 0.25) is 0 Å². The van der Waals surface area contributed by atoms with E-state index >= 15 is 0 Å². The Labute approximate surface area is 107 Å². The van der Waals surface area contributed by atoms with Gasteiger partial charge < -0.3 is 0 Å². The van der Waals surface area contributed by atoms with Gasteiger partial charge in [0.15, 0.2) is 5.78 Å². The van der Waals surface area contributed by atoms with Gasteiger partial charge in [0.1, 0.15) is 0 Å². The summed E-state index contributed by atoms with van der Waals surface area (Å²) in [5.74, 6) is 0.0840. The summed E-state index contributed by atoms with van der Waals surface area (Å²) in [6.07, 6.45) is 5.63. The fourth-order valence-electron chi connectivity index (χ4n) is 1.97. The molecular weight excluding hydrogens is 222 g/mol. The van der Waals surface area contributed by atoms with Crippen LogP contribution >= 0.6 is 0 Å². The molecule has 0 spiro atoms. The topological polar surface area (TPSA) is 40.9 Å². The molecule has 2 rings (SSSR count). The Morgan fingerprint density at radius 1 is 1.11 bits per heavy atom. The highest BCUT2D eigenvalue weighted by atomic mass is 16.1. The number of allylic oxidation sites excluding steroid dienone is 5. The Hall–Kier alpha value is -2.40. The maximum atomic E-state index is 11.6. The highest BCUT2D eigenvalue weighted by Crippen LogP contribution is 2.21. The molecule has 0 amide bonds. The molecule has 2 heteroatoms. The molecule has 0 unspecified atom stereocenters. The van der Waals surface area contributed by atoms with Crippen LogP contribution in [0.4, 0.5) is 0 Å². The lowest BCUT2D eigenvalue weighted by Gasteiger charge is -2.09. The van der Waals surface area contributed by atoms with Crippen molar-refractivity contribution >= 4 is 11.9 Å². The summed E-state index contributed by atoms with van der Waals surface area (Å²) in [4.78, 5) is 11.6. The summed E-state index contributed by atoms with van der Waals surface area (Å²) in [6.45, 7) is 3.62. The monoisotopic (exact) mass is 235 g/mol. The van der Waals surface area contributed by atoms with E-state index in [0.29, 0.717) is 5.56 Å². The van der Waals surface area contributed by atoms with Gasteiger partial charge in [0.25, 0.3) is 0 Å². The third kappa shape index (κ3) is 2.31. The van der Waals surface area contributed by atoms with Crippen molar-refractivity contribution in [2.24, 2.45) is 0 Å². The van der Waals surface area contributed by atoms with Crippen molar-refractivity contribution in [2.75, 3.05) is 0 Å². The summed E-state index contributed by atoms with van der Waals surface area (Å²) >= 11 is 0. The third-order valence-electron chi connectivity index (χ3n) is 2.89. The molecule has 0 saturated carbocycles. The molecule has 0 saturated heterocycles. The van der Waals surface area contributed by atoms with E-state index in [2.05, 4.69) is 6.07 Å². The summed E-state index contributed by atoms with van der Waals surface area (Å²) in [7, 11) is 0. The van der Waals surface area contributed by atoms with E-state index < -0.39 is 0 Å². The zero-order chi connectivity index (χ0) is 13.1. The van der Waals surface area contributed by atoms with Crippen molar-refractivity contribution in [1.29, 1.82) is 5.26 Å². The predicted octanol–water partition coefficient (Wildman–Crippen LogP) is 3.42. The maximum absolute atomic E-state index is 11.6. The van der Waals surface area contributed by atoms with E-state index in [4.69, 9.17) is 5.26 Å². The number of carbonyl (C=O) groups excluding carboxylic acids is 1. The number of ketones is 1. The highest BCUT2D eigenvalue weighted by molar-refractivity contribution is 6.09. The van der Waals surface area contributed by atoms with Gasteiger partial charge in [0, 0.05) is 0 Å². The van der Waals surface area contributed by atoms with Gasteiger partial charge in [-0.25, -0.2) is 0 Å². The van der Waals surface area contributed by atoms with Gasteiger partial charge in [-0.2, -0.15) is 5.26 Å². The van der Waals surface area contributed by atoms with Crippen molar-refractivity contribution < 1.29 is 4.79 Å². The van der Waals surface area contributed by atoms with Gasteiger partial charge >= 0.3 is 0 Å². The number of hydrogen-bond acceptors (Lipinski definition) is 2. The maximum Gasteiger partial charge on any atom is 0.184 e. The third-order valence-corrected chi connectivity index (χ3v) is 2.89. The molecule has 1 aromatic rings. The second-order valence-corrected chi connectivity index (χ2v) is 4.33. The molecule has 1 aliphatic carbocycles. The smallest absolute Gasteiger partial charge is 0.184 e. The van der Waals surface area contributed by atoms with Crippen LogP contribution in [0.25, 0.3) is 6.08 Å². The molecule has 1 aliphatic rings. The normalized spacial score (nSPS) is 14.7. The van der Waals surface area contributed by atoms with Crippen LogP contribution < -0.4 is 0 Å². The Morgan fingerprint density at radius 2 is 1.72 bits per heavy atom. The van der Waals surface area contributed by atoms with E-state index in [1.807, 2.05) is 50.3 Å². The molecule has 0 aliphatic heterocycles. The second-order valence-electron chi connectivity index (χ2n) is 4.33. The van der Waals surface area contributed by atoms with Gasteiger partial charge in [0.05, 0.1) is 11.6 Å². The predicted molar refractivity (Wildman–Crippen MR) is 71.7 cm³/mol. The van der Waals surface area contributed by atoms with E-state index in [1.165, 1.54) is 0 Å². The first kappa shape index (κ1) is 12.1. The van der Waals surface area contributed by atoms with Gasteiger partial charge in [-0.1, -0.05) is 18.2 Å².